The first-order valence-electron chi connectivity index (χ1n) is 6.11. The number of esters is 1. The third-order valence-corrected chi connectivity index (χ3v) is 4.06. The number of carbonyl (C=O) groups is 1. The average molecular weight is 279 g/mol. The highest BCUT2D eigenvalue weighted by molar-refractivity contribution is 7.90. The Balaban J connectivity index is 4.96. The van der Waals surface area contributed by atoms with Crippen molar-refractivity contribution in [3.05, 3.63) is 0 Å². The zero-order valence-corrected chi connectivity index (χ0v) is 13.1. The number of sulfonamides is 1. The van der Waals surface area contributed by atoms with Gasteiger partial charge in [-0.1, -0.05) is 13.8 Å². The predicted molar refractivity (Wildman–Crippen MR) is 71.7 cm³/mol. The Bertz CT molecular complexity index is 379. The molecule has 0 saturated carbocycles. The molecule has 0 aromatic rings. The van der Waals surface area contributed by atoms with E-state index in [4.69, 9.17) is 4.74 Å². The number of ether oxygens (including phenoxy) is 1. The molecule has 0 heterocycles. The second kappa shape index (κ2) is 6.02. The molecule has 108 valence electrons. The monoisotopic (exact) mass is 279 g/mol. The molecule has 0 aliphatic carbocycles. The molecule has 0 radical (unpaired) electrons. The topological polar surface area (TPSA) is 72.5 Å². The van der Waals surface area contributed by atoms with E-state index in [1.165, 1.54) is 0 Å². The molecule has 0 spiro atoms. The van der Waals surface area contributed by atoms with Crippen molar-refractivity contribution in [3.63, 3.8) is 0 Å². The Labute approximate surface area is 110 Å². The number of nitrogens with one attached hydrogen (secondary N) is 1. The van der Waals surface area contributed by atoms with Crippen molar-refractivity contribution in [3.8, 4) is 0 Å². The van der Waals surface area contributed by atoms with Crippen LogP contribution >= 0.6 is 0 Å². The molecule has 0 aliphatic rings. The number of rotatable bonds is 5. The largest absolute Gasteiger partial charge is 0.459 e. The summed E-state index contributed by atoms with van der Waals surface area (Å²) in [5.41, 5.74) is -0.631. The minimum absolute atomic E-state index is 0.173. The van der Waals surface area contributed by atoms with E-state index in [-0.39, 0.29) is 5.92 Å². The van der Waals surface area contributed by atoms with Gasteiger partial charge in [0.05, 0.1) is 5.25 Å². The molecular formula is C12H25NO4S. The Morgan fingerprint density at radius 2 is 1.56 bits per heavy atom. The maximum Gasteiger partial charge on any atom is 0.324 e. The van der Waals surface area contributed by atoms with Crippen LogP contribution in [0.5, 0.6) is 0 Å². The third kappa shape index (κ3) is 5.82. The molecule has 0 aromatic carbocycles. The summed E-state index contributed by atoms with van der Waals surface area (Å²) in [5.74, 6) is -0.713. The van der Waals surface area contributed by atoms with Crippen molar-refractivity contribution in [2.75, 3.05) is 0 Å². The van der Waals surface area contributed by atoms with Crippen LogP contribution in [0.2, 0.25) is 0 Å². The van der Waals surface area contributed by atoms with E-state index in [0.29, 0.717) is 0 Å². The Morgan fingerprint density at radius 1 is 1.11 bits per heavy atom. The van der Waals surface area contributed by atoms with Crippen LogP contribution in [0.1, 0.15) is 48.5 Å². The highest BCUT2D eigenvalue weighted by Crippen LogP contribution is 2.13. The molecule has 0 saturated heterocycles. The Morgan fingerprint density at radius 3 is 1.83 bits per heavy atom. The summed E-state index contributed by atoms with van der Waals surface area (Å²) in [6, 6.07) is -0.850. The molecule has 0 amide bonds. The van der Waals surface area contributed by atoms with Gasteiger partial charge in [-0.3, -0.25) is 4.79 Å². The lowest BCUT2D eigenvalue weighted by Crippen LogP contribution is -2.49. The quantitative estimate of drug-likeness (QED) is 0.777. The van der Waals surface area contributed by atoms with Crippen molar-refractivity contribution in [2.24, 2.45) is 5.92 Å². The fourth-order valence-corrected chi connectivity index (χ4v) is 2.13. The second-order valence-electron chi connectivity index (χ2n) is 5.97. The van der Waals surface area contributed by atoms with E-state index in [0.717, 1.165) is 0 Å². The van der Waals surface area contributed by atoms with Gasteiger partial charge in [-0.05, 0) is 40.5 Å². The van der Waals surface area contributed by atoms with E-state index >= 15 is 0 Å². The summed E-state index contributed by atoms with van der Waals surface area (Å²) in [7, 11) is -3.49. The van der Waals surface area contributed by atoms with E-state index in [1.807, 2.05) is 0 Å². The van der Waals surface area contributed by atoms with E-state index in [9.17, 15) is 13.2 Å². The van der Waals surface area contributed by atoms with Crippen LogP contribution in [-0.2, 0) is 19.6 Å². The summed E-state index contributed by atoms with van der Waals surface area (Å²) in [6.07, 6.45) is 0. The molecule has 0 unspecified atom stereocenters. The molecule has 6 heteroatoms. The first-order chi connectivity index (χ1) is 7.87. The number of carbonyl (C=O) groups excluding carboxylic acids is 1. The Kier molecular flexibility index (Phi) is 5.81. The van der Waals surface area contributed by atoms with Gasteiger partial charge >= 0.3 is 5.97 Å². The molecule has 1 atom stereocenters. The van der Waals surface area contributed by atoms with Crippen LogP contribution in [0.4, 0.5) is 0 Å². The van der Waals surface area contributed by atoms with Gasteiger partial charge in [0, 0.05) is 0 Å². The van der Waals surface area contributed by atoms with E-state index in [2.05, 4.69) is 4.72 Å². The van der Waals surface area contributed by atoms with E-state index < -0.39 is 32.9 Å². The number of hydrogen-bond donors (Lipinski definition) is 1. The van der Waals surface area contributed by atoms with Crippen molar-refractivity contribution in [1.29, 1.82) is 0 Å². The van der Waals surface area contributed by atoms with Crippen LogP contribution in [0, 0.1) is 5.92 Å². The molecule has 5 nitrogen and oxygen atoms in total. The standard InChI is InChI=1S/C12H25NO4S/c1-8(2)10(11(14)17-12(5,6)7)13-18(15,16)9(3)4/h8-10,13H,1-7H3/t10-/m0/s1. The second-order valence-corrected chi connectivity index (χ2v) is 8.24. The van der Waals surface area contributed by atoms with Crippen LogP contribution in [0.15, 0.2) is 0 Å². The van der Waals surface area contributed by atoms with Crippen molar-refractivity contribution in [1.82, 2.24) is 4.72 Å². The van der Waals surface area contributed by atoms with Gasteiger partial charge < -0.3 is 4.74 Å². The fraction of sp³-hybridized carbons (Fsp3) is 0.917. The van der Waals surface area contributed by atoms with Gasteiger partial charge in [0.15, 0.2) is 0 Å². The summed E-state index contributed by atoms with van der Waals surface area (Å²) < 4.78 is 31.2. The molecule has 0 bridgehead atoms. The minimum atomic E-state index is -3.49. The summed E-state index contributed by atoms with van der Waals surface area (Å²) in [6.45, 7) is 11.9. The normalized spacial score (nSPS) is 14.9. The molecule has 1 N–H and O–H groups in total. The van der Waals surface area contributed by atoms with Crippen LogP contribution in [-0.4, -0.2) is 31.3 Å². The molecule has 0 aliphatic heterocycles. The molecule has 0 fully saturated rings. The first-order valence-corrected chi connectivity index (χ1v) is 7.65. The van der Waals surface area contributed by atoms with Crippen molar-refractivity contribution >= 4 is 16.0 Å². The highest BCUT2D eigenvalue weighted by Gasteiger charge is 2.32. The lowest BCUT2D eigenvalue weighted by molar-refractivity contribution is -0.158. The van der Waals surface area contributed by atoms with Crippen LogP contribution < -0.4 is 4.72 Å². The van der Waals surface area contributed by atoms with Gasteiger partial charge in [0.25, 0.3) is 0 Å². The van der Waals surface area contributed by atoms with Gasteiger partial charge in [-0.25, -0.2) is 13.1 Å². The predicted octanol–water partition coefficient (Wildman–Crippen LogP) is 1.68. The highest BCUT2D eigenvalue weighted by atomic mass is 32.2. The van der Waals surface area contributed by atoms with Crippen molar-refractivity contribution < 1.29 is 17.9 Å². The van der Waals surface area contributed by atoms with Crippen LogP contribution in [0.3, 0.4) is 0 Å². The smallest absolute Gasteiger partial charge is 0.324 e. The summed E-state index contributed by atoms with van der Waals surface area (Å²) >= 11 is 0. The summed E-state index contributed by atoms with van der Waals surface area (Å²) in [5, 5.41) is -0.582. The molecule has 0 rings (SSSR count). The fourth-order valence-electron chi connectivity index (χ4n) is 1.13. The van der Waals surface area contributed by atoms with Crippen molar-refractivity contribution in [2.45, 2.75) is 65.4 Å². The zero-order chi connectivity index (χ0) is 14.7. The van der Waals surface area contributed by atoms with Gasteiger partial charge in [0.2, 0.25) is 10.0 Å². The van der Waals surface area contributed by atoms with Crippen LogP contribution in [0.25, 0.3) is 0 Å². The van der Waals surface area contributed by atoms with Gasteiger partial charge in [0.1, 0.15) is 11.6 Å². The van der Waals surface area contributed by atoms with Gasteiger partial charge in [-0.2, -0.15) is 0 Å². The maximum atomic E-state index is 12.0. The first kappa shape index (κ1) is 17.4. The minimum Gasteiger partial charge on any atom is -0.459 e. The zero-order valence-electron chi connectivity index (χ0n) is 12.3. The molecule has 0 aromatic heterocycles. The Hall–Kier alpha value is -0.620. The van der Waals surface area contributed by atoms with E-state index in [1.54, 1.807) is 48.5 Å². The lowest BCUT2D eigenvalue weighted by atomic mass is 10.1. The molecular weight excluding hydrogens is 254 g/mol. The number of hydrogen-bond acceptors (Lipinski definition) is 4. The lowest BCUT2D eigenvalue weighted by Gasteiger charge is -2.26. The SMILES string of the molecule is CC(C)[C@H](NS(=O)(=O)C(C)C)C(=O)OC(C)(C)C. The summed E-state index contributed by atoms with van der Waals surface area (Å²) in [4.78, 5) is 12.0. The molecule has 18 heavy (non-hydrogen) atoms. The van der Waals surface area contributed by atoms with Gasteiger partial charge in [-0.15, -0.1) is 0 Å². The third-order valence-electron chi connectivity index (χ3n) is 2.24. The maximum absolute atomic E-state index is 12.0. The average Bonchev–Trinajstić information content (AvgIpc) is 2.10.